The number of ether oxygens (including phenoxy) is 1. The Morgan fingerprint density at radius 3 is 2.61 bits per heavy atom. The van der Waals surface area contributed by atoms with Crippen LogP contribution < -0.4 is 4.74 Å². The average molecular weight is 261 g/mol. The summed E-state index contributed by atoms with van der Waals surface area (Å²) in [5.41, 5.74) is 2.37. The number of rotatable bonds is 4. The third kappa shape index (κ3) is 2.54. The summed E-state index contributed by atoms with van der Waals surface area (Å²) in [5.74, 6) is 0.792. The second-order valence-corrected chi connectivity index (χ2v) is 4.19. The monoisotopic (exact) mass is 260 g/mol. The Balaban J connectivity index is 2.51. The number of hydrogen-bond acceptors (Lipinski definition) is 2. The van der Waals surface area contributed by atoms with Gasteiger partial charge in [0.15, 0.2) is 0 Å². The molecule has 2 aromatic carbocycles. The first-order valence-electron chi connectivity index (χ1n) is 5.73. The molecule has 0 saturated heterocycles. The van der Waals surface area contributed by atoms with Gasteiger partial charge in [0, 0.05) is 21.7 Å². The van der Waals surface area contributed by atoms with Crippen molar-refractivity contribution in [2.75, 3.05) is 6.61 Å². The highest BCUT2D eigenvalue weighted by molar-refractivity contribution is 6.33. The molecule has 0 saturated carbocycles. The summed E-state index contributed by atoms with van der Waals surface area (Å²) in [6, 6.07) is 13.0. The quantitative estimate of drug-likeness (QED) is 0.770. The van der Waals surface area contributed by atoms with E-state index in [0.717, 1.165) is 23.2 Å². The third-order valence-corrected chi connectivity index (χ3v) is 2.92. The fraction of sp³-hybridized carbons (Fsp3) is 0.133. The summed E-state index contributed by atoms with van der Waals surface area (Å²) in [4.78, 5) is 10.7. The van der Waals surface area contributed by atoms with Crippen molar-refractivity contribution in [3.8, 4) is 16.9 Å². The van der Waals surface area contributed by atoms with Crippen LogP contribution in [0.15, 0.2) is 42.5 Å². The van der Waals surface area contributed by atoms with Gasteiger partial charge in [0.05, 0.1) is 6.61 Å². The van der Waals surface area contributed by atoms with Crippen molar-refractivity contribution in [2.24, 2.45) is 0 Å². The molecule has 0 bridgehead atoms. The zero-order valence-electron chi connectivity index (χ0n) is 10.0. The number of carbonyl (C=O) groups is 1. The lowest BCUT2D eigenvalue weighted by Gasteiger charge is -2.11. The van der Waals surface area contributed by atoms with E-state index in [4.69, 9.17) is 16.3 Å². The molecule has 0 aliphatic carbocycles. The first-order chi connectivity index (χ1) is 8.76. The lowest BCUT2D eigenvalue weighted by molar-refractivity contribution is 0.112. The predicted octanol–water partition coefficient (Wildman–Crippen LogP) is 4.22. The van der Waals surface area contributed by atoms with E-state index in [9.17, 15) is 4.79 Å². The molecule has 0 heterocycles. The summed E-state index contributed by atoms with van der Waals surface area (Å²) < 4.78 is 5.57. The summed E-state index contributed by atoms with van der Waals surface area (Å²) in [7, 11) is 0. The molecule has 0 fully saturated rings. The molecule has 18 heavy (non-hydrogen) atoms. The number of aldehydes is 1. The number of benzene rings is 2. The van der Waals surface area contributed by atoms with Crippen LogP contribution in [0.2, 0.25) is 5.02 Å². The highest BCUT2D eigenvalue weighted by Gasteiger charge is 2.09. The van der Waals surface area contributed by atoms with Crippen LogP contribution in [-0.4, -0.2) is 12.9 Å². The van der Waals surface area contributed by atoms with Crippen molar-refractivity contribution in [2.45, 2.75) is 6.92 Å². The van der Waals surface area contributed by atoms with Crippen LogP contribution in [0.4, 0.5) is 0 Å². The van der Waals surface area contributed by atoms with Crippen LogP contribution in [0.1, 0.15) is 17.3 Å². The van der Waals surface area contributed by atoms with Gasteiger partial charge < -0.3 is 4.74 Å². The molecular formula is C15H13ClO2. The molecule has 2 aromatic rings. The van der Waals surface area contributed by atoms with Gasteiger partial charge in [0.1, 0.15) is 12.0 Å². The van der Waals surface area contributed by atoms with E-state index in [2.05, 4.69) is 0 Å². The van der Waals surface area contributed by atoms with Crippen LogP contribution in [0, 0.1) is 0 Å². The van der Waals surface area contributed by atoms with E-state index in [1.807, 2.05) is 37.3 Å². The maximum Gasteiger partial charge on any atom is 0.150 e. The van der Waals surface area contributed by atoms with E-state index >= 15 is 0 Å². The van der Waals surface area contributed by atoms with Crippen LogP contribution in [-0.2, 0) is 0 Å². The fourth-order valence-electron chi connectivity index (χ4n) is 1.79. The van der Waals surface area contributed by atoms with Crippen molar-refractivity contribution in [3.63, 3.8) is 0 Å². The standard InChI is InChI=1S/C15H13ClO2/c1-2-18-15-6-4-3-5-13(15)12-8-7-11(10-17)9-14(12)16/h3-10H,2H2,1H3. The molecule has 0 aromatic heterocycles. The first kappa shape index (κ1) is 12.7. The van der Waals surface area contributed by atoms with Crippen molar-refractivity contribution >= 4 is 17.9 Å². The summed E-state index contributed by atoms with van der Waals surface area (Å²) in [6.45, 7) is 2.54. The normalized spacial score (nSPS) is 10.1. The molecule has 0 N–H and O–H groups in total. The minimum atomic E-state index is 0.548. The molecular weight excluding hydrogens is 248 g/mol. The number of para-hydroxylation sites is 1. The smallest absolute Gasteiger partial charge is 0.150 e. The molecule has 0 radical (unpaired) electrons. The summed E-state index contributed by atoms with van der Waals surface area (Å²) in [5, 5.41) is 0.548. The van der Waals surface area contributed by atoms with Gasteiger partial charge in [-0.15, -0.1) is 0 Å². The molecule has 0 aliphatic heterocycles. The van der Waals surface area contributed by atoms with Gasteiger partial charge in [-0.1, -0.05) is 41.9 Å². The molecule has 92 valence electrons. The van der Waals surface area contributed by atoms with Crippen molar-refractivity contribution < 1.29 is 9.53 Å². The number of carbonyl (C=O) groups excluding carboxylic acids is 1. The van der Waals surface area contributed by atoms with Crippen LogP contribution in [0.3, 0.4) is 0 Å². The van der Waals surface area contributed by atoms with Gasteiger partial charge in [-0.2, -0.15) is 0 Å². The van der Waals surface area contributed by atoms with E-state index < -0.39 is 0 Å². The molecule has 0 atom stereocenters. The predicted molar refractivity (Wildman–Crippen MR) is 73.4 cm³/mol. The Kier molecular flexibility index (Phi) is 4.00. The molecule has 0 spiro atoms. The molecule has 0 aliphatic rings. The minimum Gasteiger partial charge on any atom is -0.493 e. The van der Waals surface area contributed by atoms with Gasteiger partial charge >= 0.3 is 0 Å². The zero-order chi connectivity index (χ0) is 13.0. The second kappa shape index (κ2) is 5.69. The van der Waals surface area contributed by atoms with Gasteiger partial charge in [0.2, 0.25) is 0 Å². The van der Waals surface area contributed by atoms with Gasteiger partial charge in [-0.3, -0.25) is 4.79 Å². The molecule has 2 rings (SSSR count). The van der Waals surface area contributed by atoms with Crippen molar-refractivity contribution in [3.05, 3.63) is 53.1 Å². The van der Waals surface area contributed by atoms with Crippen LogP contribution in [0.25, 0.3) is 11.1 Å². The Morgan fingerprint density at radius 2 is 1.94 bits per heavy atom. The number of hydrogen-bond donors (Lipinski definition) is 0. The van der Waals surface area contributed by atoms with E-state index in [1.54, 1.807) is 12.1 Å². The van der Waals surface area contributed by atoms with Crippen LogP contribution >= 0.6 is 11.6 Å². The topological polar surface area (TPSA) is 26.3 Å². The first-order valence-corrected chi connectivity index (χ1v) is 6.11. The third-order valence-electron chi connectivity index (χ3n) is 2.61. The molecule has 0 unspecified atom stereocenters. The summed E-state index contributed by atoms with van der Waals surface area (Å²) in [6.07, 6.45) is 0.782. The highest BCUT2D eigenvalue weighted by Crippen LogP contribution is 2.35. The maximum absolute atomic E-state index is 10.7. The van der Waals surface area contributed by atoms with Crippen molar-refractivity contribution in [1.29, 1.82) is 0 Å². The Hall–Kier alpha value is -1.80. The van der Waals surface area contributed by atoms with Crippen LogP contribution in [0.5, 0.6) is 5.75 Å². The fourth-order valence-corrected chi connectivity index (χ4v) is 2.08. The Labute approximate surface area is 111 Å². The largest absolute Gasteiger partial charge is 0.493 e. The lowest BCUT2D eigenvalue weighted by Crippen LogP contribution is -1.94. The zero-order valence-corrected chi connectivity index (χ0v) is 10.8. The highest BCUT2D eigenvalue weighted by atomic mass is 35.5. The minimum absolute atomic E-state index is 0.548. The van der Waals surface area contributed by atoms with Gasteiger partial charge in [-0.25, -0.2) is 0 Å². The molecule has 3 heteroatoms. The van der Waals surface area contributed by atoms with E-state index in [-0.39, 0.29) is 0 Å². The number of halogens is 1. The average Bonchev–Trinajstić information content (AvgIpc) is 2.40. The lowest BCUT2D eigenvalue weighted by atomic mass is 10.0. The summed E-state index contributed by atoms with van der Waals surface area (Å²) >= 11 is 6.20. The SMILES string of the molecule is CCOc1ccccc1-c1ccc(C=O)cc1Cl. The Morgan fingerprint density at radius 1 is 1.17 bits per heavy atom. The van der Waals surface area contributed by atoms with Gasteiger partial charge in [0.25, 0.3) is 0 Å². The molecule has 0 amide bonds. The maximum atomic E-state index is 10.7. The van der Waals surface area contributed by atoms with E-state index in [1.165, 1.54) is 0 Å². The van der Waals surface area contributed by atoms with Crippen molar-refractivity contribution in [1.82, 2.24) is 0 Å². The van der Waals surface area contributed by atoms with E-state index in [0.29, 0.717) is 17.2 Å². The molecule has 2 nitrogen and oxygen atoms in total. The second-order valence-electron chi connectivity index (χ2n) is 3.79. The van der Waals surface area contributed by atoms with Gasteiger partial charge in [-0.05, 0) is 19.1 Å². The Bertz CT molecular complexity index is 564.